The molecule has 0 spiro atoms. The average Bonchev–Trinajstić information content (AvgIpc) is 2.45. The summed E-state index contributed by atoms with van der Waals surface area (Å²) < 4.78 is 26.6. The van der Waals surface area contributed by atoms with Gasteiger partial charge in [-0.1, -0.05) is 13.0 Å². The summed E-state index contributed by atoms with van der Waals surface area (Å²) in [7, 11) is -3.91. The summed E-state index contributed by atoms with van der Waals surface area (Å²) in [6, 6.07) is 7.38. The maximum absolute atomic E-state index is 12.1. The fourth-order valence-corrected chi connectivity index (χ4v) is 2.99. The number of aliphatic hydroxyl groups excluding tert-OH is 2. The maximum Gasteiger partial charge on any atom is 0.241 e. The SMILES string of the molecule is CCC(CO)(CO)NS(=O)(=O)c1cccc(C#N)c1. The molecule has 0 aliphatic heterocycles. The van der Waals surface area contributed by atoms with Gasteiger partial charge in [0.05, 0.1) is 35.3 Å². The highest BCUT2D eigenvalue weighted by molar-refractivity contribution is 7.89. The van der Waals surface area contributed by atoms with E-state index in [0.29, 0.717) is 0 Å². The molecule has 0 aliphatic carbocycles. The van der Waals surface area contributed by atoms with E-state index in [-0.39, 0.29) is 16.9 Å². The molecule has 19 heavy (non-hydrogen) atoms. The molecular formula is C12H16N2O4S. The summed E-state index contributed by atoms with van der Waals surface area (Å²) in [5.41, 5.74) is -1.08. The Morgan fingerprint density at radius 1 is 1.37 bits per heavy atom. The highest BCUT2D eigenvalue weighted by Gasteiger charge is 2.32. The Morgan fingerprint density at radius 3 is 2.47 bits per heavy atom. The smallest absolute Gasteiger partial charge is 0.241 e. The lowest BCUT2D eigenvalue weighted by Crippen LogP contribution is -2.53. The van der Waals surface area contributed by atoms with Crippen molar-refractivity contribution >= 4 is 10.0 Å². The lowest BCUT2D eigenvalue weighted by Gasteiger charge is -2.29. The van der Waals surface area contributed by atoms with E-state index in [2.05, 4.69) is 4.72 Å². The van der Waals surface area contributed by atoms with Crippen LogP contribution in [-0.4, -0.2) is 37.4 Å². The Labute approximate surface area is 112 Å². The maximum atomic E-state index is 12.1. The monoisotopic (exact) mass is 284 g/mol. The first kappa shape index (κ1) is 15.6. The van der Waals surface area contributed by atoms with Gasteiger partial charge >= 0.3 is 0 Å². The van der Waals surface area contributed by atoms with Gasteiger partial charge < -0.3 is 10.2 Å². The van der Waals surface area contributed by atoms with E-state index in [0.717, 1.165) is 0 Å². The Morgan fingerprint density at radius 2 is 2.00 bits per heavy atom. The van der Waals surface area contributed by atoms with Crippen LogP contribution in [0.25, 0.3) is 0 Å². The standard InChI is InChI=1S/C12H16N2O4S/c1-2-12(8-15,9-16)14-19(17,18)11-5-3-4-10(6-11)7-13/h3-6,14-16H,2,8-9H2,1H3. The zero-order valence-electron chi connectivity index (χ0n) is 10.5. The van der Waals surface area contributed by atoms with Crippen LogP contribution >= 0.6 is 0 Å². The molecule has 104 valence electrons. The van der Waals surface area contributed by atoms with Crippen LogP contribution in [0.3, 0.4) is 0 Å². The summed E-state index contributed by atoms with van der Waals surface area (Å²) in [4.78, 5) is -0.0775. The van der Waals surface area contributed by atoms with Gasteiger partial charge in [0.25, 0.3) is 0 Å². The molecule has 7 heteroatoms. The highest BCUT2D eigenvalue weighted by atomic mass is 32.2. The number of benzene rings is 1. The summed E-state index contributed by atoms with van der Waals surface area (Å²) >= 11 is 0. The van der Waals surface area contributed by atoms with Crippen LogP contribution in [0.4, 0.5) is 0 Å². The van der Waals surface area contributed by atoms with Crippen LogP contribution in [0.1, 0.15) is 18.9 Å². The van der Waals surface area contributed by atoms with Crippen molar-refractivity contribution in [2.45, 2.75) is 23.8 Å². The minimum atomic E-state index is -3.91. The van der Waals surface area contributed by atoms with Crippen LogP contribution in [0.5, 0.6) is 0 Å². The Kier molecular flexibility index (Phi) is 5.03. The summed E-state index contributed by atoms with van der Waals surface area (Å²) in [5.74, 6) is 0. The predicted octanol–water partition coefficient (Wildman–Crippen LogP) is -0.0300. The van der Waals surface area contributed by atoms with Crippen molar-refractivity contribution in [2.24, 2.45) is 0 Å². The van der Waals surface area contributed by atoms with E-state index in [1.807, 2.05) is 6.07 Å². The van der Waals surface area contributed by atoms with E-state index < -0.39 is 28.8 Å². The highest BCUT2D eigenvalue weighted by Crippen LogP contribution is 2.16. The molecule has 1 aromatic rings. The molecule has 0 fully saturated rings. The fourth-order valence-electron chi connectivity index (χ4n) is 1.49. The third kappa shape index (κ3) is 3.52. The predicted molar refractivity (Wildman–Crippen MR) is 68.7 cm³/mol. The van der Waals surface area contributed by atoms with E-state index in [1.165, 1.54) is 24.3 Å². The quantitative estimate of drug-likeness (QED) is 0.679. The van der Waals surface area contributed by atoms with Crippen molar-refractivity contribution in [3.8, 4) is 6.07 Å². The minimum absolute atomic E-state index is 0.0775. The molecule has 0 saturated carbocycles. The number of nitriles is 1. The molecule has 1 rings (SSSR count). The van der Waals surface area contributed by atoms with Crippen molar-refractivity contribution in [1.82, 2.24) is 4.72 Å². The largest absolute Gasteiger partial charge is 0.394 e. The second-order valence-electron chi connectivity index (χ2n) is 4.20. The van der Waals surface area contributed by atoms with Gasteiger partial charge in [0.1, 0.15) is 0 Å². The van der Waals surface area contributed by atoms with Crippen LogP contribution in [0.2, 0.25) is 0 Å². The number of nitrogens with zero attached hydrogens (tertiary/aromatic N) is 1. The first-order valence-corrected chi connectivity index (χ1v) is 7.17. The van der Waals surface area contributed by atoms with Crippen molar-refractivity contribution in [3.63, 3.8) is 0 Å². The lowest BCUT2D eigenvalue weighted by molar-refractivity contribution is 0.105. The molecule has 0 bridgehead atoms. The molecule has 0 atom stereocenters. The number of nitrogens with one attached hydrogen (secondary N) is 1. The normalized spacial score (nSPS) is 12.1. The Balaban J connectivity index is 3.14. The molecule has 0 radical (unpaired) electrons. The molecule has 1 aromatic carbocycles. The van der Waals surface area contributed by atoms with E-state index in [4.69, 9.17) is 5.26 Å². The number of aliphatic hydroxyl groups is 2. The number of hydrogen-bond acceptors (Lipinski definition) is 5. The summed E-state index contributed by atoms with van der Waals surface area (Å²) in [6.45, 7) is 0.620. The van der Waals surface area contributed by atoms with E-state index >= 15 is 0 Å². The summed E-state index contributed by atoms with van der Waals surface area (Å²) in [5, 5.41) is 27.3. The molecule has 0 saturated heterocycles. The molecule has 6 nitrogen and oxygen atoms in total. The van der Waals surface area contributed by atoms with Gasteiger partial charge in [0, 0.05) is 0 Å². The molecule has 0 aliphatic rings. The second-order valence-corrected chi connectivity index (χ2v) is 5.88. The van der Waals surface area contributed by atoms with Gasteiger partial charge in [0.15, 0.2) is 0 Å². The molecular weight excluding hydrogens is 268 g/mol. The van der Waals surface area contributed by atoms with Crippen LogP contribution < -0.4 is 4.72 Å². The van der Waals surface area contributed by atoms with Gasteiger partial charge in [-0.25, -0.2) is 13.1 Å². The zero-order valence-corrected chi connectivity index (χ0v) is 11.3. The van der Waals surface area contributed by atoms with Crippen molar-refractivity contribution in [1.29, 1.82) is 5.26 Å². The van der Waals surface area contributed by atoms with E-state index in [1.54, 1.807) is 6.92 Å². The number of sulfonamides is 1. The van der Waals surface area contributed by atoms with Crippen LogP contribution in [-0.2, 0) is 10.0 Å². The topological polar surface area (TPSA) is 110 Å². The van der Waals surface area contributed by atoms with Crippen molar-refractivity contribution in [2.75, 3.05) is 13.2 Å². The van der Waals surface area contributed by atoms with Gasteiger partial charge in [-0.15, -0.1) is 0 Å². The third-order valence-corrected chi connectivity index (χ3v) is 4.48. The minimum Gasteiger partial charge on any atom is -0.394 e. The van der Waals surface area contributed by atoms with Crippen LogP contribution in [0, 0.1) is 11.3 Å². The lowest BCUT2D eigenvalue weighted by atomic mass is 10.0. The first-order valence-electron chi connectivity index (χ1n) is 5.69. The van der Waals surface area contributed by atoms with Gasteiger partial charge in [-0.2, -0.15) is 5.26 Å². The average molecular weight is 284 g/mol. The molecule has 0 unspecified atom stereocenters. The molecule has 0 heterocycles. The molecule has 0 aromatic heterocycles. The second kappa shape index (κ2) is 6.12. The first-order chi connectivity index (χ1) is 8.93. The Hall–Kier alpha value is -1.46. The number of hydrogen-bond donors (Lipinski definition) is 3. The third-order valence-electron chi connectivity index (χ3n) is 2.91. The fraction of sp³-hybridized carbons (Fsp3) is 0.417. The Bertz CT molecular complexity index is 565. The van der Waals surface area contributed by atoms with Gasteiger partial charge in [0.2, 0.25) is 10.0 Å². The van der Waals surface area contributed by atoms with E-state index in [9.17, 15) is 18.6 Å². The number of rotatable bonds is 6. The summed E-state index contributed by atoms with van der Waals surface area (Å²) in [6.07, 6.45) is 0.233. The molecule has 0 amide bonds. The van der Waals surface area contributed by atoms with Crippen molar-refractivity contribution < 1.29 is 18.6 Å². The zero-order chi connectivity index (χ0) is 14.5. The molecule has 3 N–H and O–H groups in total. The van der Waals surface area contributed by atoms with Crippen LogP contribution in [0.15, 0.2) is 29.2 Å². The van der Waals surface area contributed by atoms with Crippen molar-refractivity contribution in [3.05, 3.63) is 29.8 Å². The van der Waals surface area contributed by atoms with Gasteiger partial charge in [-0.05, 0) is 24.6 Å². The van der Waals surface area contributed by atoms with Gasteiger partial charge in [-0.3, -0.25) is 0 Å².